The van der Waals surface area contributed by atoms with Gasteiger partial charge in [0.05, 0.1) is 13.4 Å². The average Bonchev–Trinajstić information content (AvgIpc) is 3.42. The van der Waals surface area contributed by atoms with E-state index in [1.165, 1.54) is 11.8 Å². The molecule has 152 valence electrons. The minimum absolute atomic E-state index is 0.165. The first-order chi connectivity index (χ1) is 14.7. The number of benzene rings is 2. The molecule has 0 bridgehead atoms. The molecule has 1 N–H and O–H groups in total. The maximum Gasteiger partial charge on any atom is 0.242 e. The number of rotatable bonds is 7. The largest absolute Gasteiger partial charge is 0.497 e. The number of carbonyl (C=O) groups is 1. The van der Waals surface area contributed by atoms with E-state index in [9.17, 15) is 4.79 Å². The van der Waals surface area contributed by atoms with Crippen LogP contribution in [-0.4, -0.2) is 27.8 Å². The highest BCUT2D eigenvalue weighted by molar-refractivity contribution is 8.00. The van der Waals surface area contributed by atoms with Crippen molar-refractivity contribution < 1.29 is 13.9 Å². The minimum Gasteiger partial charge on any atom is -0.497 e. The van der Waals surface area contributed by atoms with Crippen molar-refractivity contribution in [1.29, 1.82) is 0 Å². The lowest BCUT2D eigenvalue weighted by Gasteiger charge is -2.17. The Morgan fingerprint density at radius 1 is 1.10 bits per heavy atom. The molecular formula is C22H20N4O3S. The lowest BCUT2D eigenvalue weighted by molar-refractivity contribution is -0.115. The monoisotopic (exact) mass is 420 g/mol. The van der Waals surface area contributed by atoms with Crippen LogP contribution in [0.3, 0.4) is 0 Å². The summed E-state index contributed by atoms with van der Waals surface area (Å²) in [6, 6.07) is 20.5. The zero-order valence-corrected chi connectivity index (χ0v) is 17.3. The van der Waals surface area contributed by atoms with Crippen molar-refractivity contribution in [3.63, 3.8) is 0 Å². The number of aromatic nitrogens is 3. The van der Waals surface area contributed by atoms with Crippen LogP contribution in [0, 0.1) is 0 Å². The van der Waals surface area contributed by atoms with Gasteiger partial charge in [-0.05, 0) is 29.8 Å². The predicted molar refractivity (Wildman–Crippen MR) is 115 cm³/mol. The van der Waals surface area contributed by atoms with Crippen LogP contribution in [0.5, 0.6) is 5.75 Å². The van der Waals surface area contributed by atoms with Crippen molar-refractivity contribution in [3.8, 4) is 17.3 Å². The molecule has 4 aromatic rings. The van der Waals surface area contributed by atoms with E-state index >= 15 is 0 Å². The molecule has 1 amide bonds. The zero-order valence-electron chi connectivity index (χ0n) is 16.5. The van der Waals surface area contributed by atoms with Crippen LogP contribution >= 0.6 is 11.8 Å². The van der Waals surface area contributed by atoms with Gasteiger partial charge in [0, 0.05) is 18.8 Å². The third kappa shape index (κ3) is 4.23. The Morgan fingerprint density at radius 3 is 2.67 bits per heavy atom. The number of hydrogen-bond donors (Lipinski definition) is 1. The van der Waals surface area contributed by atoms with E-state index in [1.807, 2.05) is 66.2 Å². The first kappa shape index (κ1) is 19.8. The van der Waals surface area contributed by atoms with Gasteiger partial charge < -0.3 is 19.0 Å². The molecule has 0 unspecified atom stereocenters. The number of methoxy groups -OCH3 is 1. The van der Waals surface area contributed by atoms with Crippen molar-refractivity contribution in [2.24, 2.45) is 7.05 Å². The zero-order chi connectivity index (χ0) is 20.9. The molecule has 4 rings (SSSR count). The number of thioether (sulfide) groups is 1. The maximum atomic E-state index is 13.2. The van der Waals surface area contributed by atoms with Crippen LogP contribution in [0.2, 0.25) is 0 Å². The molecule has 0 fully saturated rings. The van der Waals surface area contributed by atoms with Gasteiger partial charge in [-0.3, -0.25) is 4.79 Å². The first-order valence-electron chi connectivity index (χ1n) is 9.25. The van der Waals surface area contributed by atoms with Crippen LogP contribution in [0.4, 0.5) is 5.69 Å². The van der Waals surface area contributed by atoms with Gasteiger partial charge in [-0.1, -0.05) is 48.2 Å². The Kier molecular flexibility index (Phi) is 5.85. The Balaban J connectivity index is 1.62. The average molecular weight is 420 g/mol. The molecular weight excluding hydrogens is 400 g/mol. The van der Waals surface area contributed by atoms with Crippen molar-refractivity contribution in [1.82, 2.24) is 14.8 Å². The van der Waals surface area contributed by atoms with Gasteiger partial charge in [0.1, 0.15) is 11.0 Å². The van der Waals surface area contributed by atoms with E-state index in [0.717, 1.165) is 5.56 Å². The third-order valence-corrected chi connectivity index (χ3v) is 5.77. The molecule has 30 heavy (non-hydrogen) atoms. The van der Waals surface area contributed by atoms with Crippen LogP contribution < -0.4 is 10.1 Å². The molecule has 0 saturated carbocycles. The smallest absolute Gasteiger partial charge is 0.242 e. The number of amides is 1. The molecule has 1 atom stereocenters. The number of carbonyl (C=O) groups excluding carboxylic acids is 1. The summed E-state index contributed by atoms with van der Waals surface area (Å²) < 4.78 is 12.5. The summed E-state index contributed by atoms with van der Waals surface area (Å²) in [5, 5.41) is 11.5. The van der Waals surface area contributed by atoms with Gasteiger partial charge >= 0.3 is 0 Å². The first-order valence-corrected chi connectivity index (χ1v) is 10.1. The highest BCUT2D eigenvalue weighted by atomic mass is 32.2. The number of ether oxygens (including phenoxy) is 1. The Hall–Kier alpha value is -3.52. The second kappa shape index (κ2) is 8.87. The second-order valence-corrected chi connectivity index (χ2v) is 7.54. The number of hydrogen-bond acceptors (Lipinski definition) is 6. The van der Waals surface area contributed by atoms with Crippen LogP contribution in [0.25, 0.3) is 11.6 Å². The van der Waals surface area contributed by atoms with Crippen molar-refractivity contribution >= 4 is 23.4 Å². The highest BCUT2D eigenvalue weighted by Crippen LogP contribution is 2.36. The van der Waals surface area contributed by atoms with Crippen molar-refractivity contribution in [3.05, 3.63) is 78.6 Å². The summed E-state index contributed by atoms with van der Waals surface area (Å²) in [7, 11) is 3.44. The number of furan rings is 1. The summed E-state index contributed by atoms with van der Waals surface area (Å²) in [6.45, 7) is 0. The SMILES string of the molecule is COc1cccc(NC(=O)[C@H](Sc2nnc(-c3ccco3)n2C)c2ccccc2)c1. The summed E-state index contributed by atoms with van der Waals surface area (Å²) in [4.78, 5) is 13.2. The normalized spacial score (nSPS) is 11.8. The van der Waals surface area contributed by atoms with Crippen molar-refractivity contribution in [2.45, 2.75) is 10.4 Å². The molecule has 2 aromatic carbocycles. The Morgan fingerprint density at radius 2 is 1.93 bits per heavy atom. The van der Waals surface area contributed by atoms with E-state index in [0.29, 0.717) is 28.2 Å². The van der Waals surface area contributed by atoms with Crippen LogP contribution in [0.1, 0.15) is 10.8 Å². The molecule has 8 heteroatoms. The third-order valence-electron chi connectivity index (χ3n) is 4.48. The highest BCUT2D eigenvalue weighted by Gasteiger charge is 2.26. The molecule has 0 radical (unpaired) electrons. The van der Waals surface area contributed by atoms with E-state index in [1.54, 1.807) is 25.5 Å². The number of nitrogens with zero attached hydrogens (tertiary/aromatic N) is 3. The molecule has 0 aliphatic heterocycles. The molecule has 0 saturated heterocycles. The number of anilines is 1. The lowest BCUT2D eigenvalue weighted by Crippen LogP contribution is -2.19. The van der Waals surface area contributed by atoms with Gasteiger partial charge in [-0.25, -0.2) is 0 Å². The molecule has 0 aliphatic carbocycles. The second-order valence-electron chi connectivity index (χ2n) is 6.47. The maximum absolute atomic E-state index is 13.2. The molecule has 2 heterocycles. The van der Waals surface area contributed by atoms with Crippen molar-refractivity contribution in [2.75, 3.05) is 12.4 Å². The lowest BCUT2D eigenvalue weighted by atomic mass is 10.1. The van der Waals surface area contributed by atoms with E-state index in [2.05, 4.69) is 15.5 Å². The quantitative estimate of drug-likeness (QED) is 0.442. The fraction of sp³-hybridized carbons (Fsp3) is 0.136. The molecule has 7 nitrogen and oxygen atoms in total. The summed E-state index contributed by atoms with van der Waals surface area (Å²) in [5.41, 5.74) is 1.53. The molecule has 0 spiro atoms. The summed E-state index contributed by atoms with van der Waals surface area (Å²) >= 11 is 1.33. The van der Waals surface area contributed by atoms with Gasteiger partial charge in [0.2, 0.25) is 5.91 Å². The topological polar surface area (TPSA) is 82.2 Å². The summed E-state index contributed by atoms with van der Waals surface area (Å²) in [5.74, 6) is 1.73. The standard InChI is InChI=1S/C22H20N4O3S/c1-26-20(18-12-7-13-29-18)24-25-22(26)30-19(15-8-4-3-5-9-15)21(27)23-16-10-6-11-17(14-16)28-2/h3-14,19H,1-2H3,(H,23,27)/t19-/m1/s1. The van der Waals surface area contributed by atoms with Crippen LogP contribution in [0.15, 0.2) is 82.6 Å². The van der Waals surface area contributed by atoms with Gasteiger partial charge in [0.15, 0.2) is 16.7 Å². The fourth-order valence-corrected chi connectivity index (χ4v) is 3.96. The van der Waals surface area contributed by atoms with Gasteiger partial charge in [-0.2, -0.15) is 0 Å². The summed E-state index contributed by atoms with van der Waals surface area (Å²) in [6.07, 6.45) is 1.59. The van der Waals surface area contributed by atoms with E-state index in [-0.39, 0.29) is 5.91 Å². The molecule has 2 aromatic heterocycles. The van der Waals surface area contributed by atoms with Crippen LogP contribution in [-0.2, 0) is 11.8 Å². The van der Waals surface area contributed by atoms with E-state index < -0.39 is 5.25 Å². The van der Waals surface area contributed by atoms with Gasteiger partial charge in [0.25, 0.3) is 0 Å². The molecule has 0 aliphatic rings. The van der Waals surface area contributed by atoms with E-state index in [4.69, 9.17) is 9.15 Å². The Bertz CT molecular complexity index is 1130. The number of nitrogens with one attached hydrogen (secondary N) is 1. The Labute approximate surface area is 178 Å². The fourth-order valence-electron chi connectivity index (χ4n) is 2.95. The minimum atomic E-state index is -0.523. The predicted octanol–water partition coefficient (Wildman–Crippen LogP) is 4.56. The van der Waals surface area contributed by atoms with Gasteiger partial charge in [-0.15, -0.1) is 10.2 Å².